The van der Waals surface area contributed by atoms with E-state index < -0.39 is 22.5 Å². The predicted molar refractivity (Wildman–Crippen MR) is 157 cm³/mol. The van der Waals surface area contributed by atoms with E-state index in [1.54, 1.807) is 0 Å². The van der Waals surface area contributed by atoms with Gasteiger partial charge < -0.3 is 4.80 Å². The molecule has 0 aliphatic heterocycles. The molecular formula is C28H64OSi3. The minimum Gasteiger partial charge on any atom is -0.435 e. The zero-order valence-corrected chi connectivity index (χ0v) is 27.9. The van der Waals surface area contributed by atoms with Crippen LogP contribution in [-0.4, -0.2) is 27.3 Å². The number of hydrogen-bond donors (Lipinski definition) is 1. The largest absolute Gasteiger partial charge is 0.435 e. The first-order chi connectivity index (χ1) is 14.4. The Bertz CT molecular complexity index is 462. The van der Waals surface area contributed by atoms with E-state index in [-0.39, 0.29) is 0 Å². The highest BCUT2D eigenvalue weighted by Gasteiger charge is 2.65. The Morgan fingerprint density at radius 2 is 0.594 bits per heavy atom. The molecule has 0 fully saturated rings. The molecule has 0 bridgehead atoms. The Labute approximate surface area is 207 Å². The lowest BCUT2D eigenvalue weighted by molar-refractivity contribution is 0.505. The second-order valence-corrected chi connectivity index (χ2v) is 37.4. The quantitative estimate of drug-likeness (QED) is 0.209. The number of hydrogen-bond acceptors (Lipinski definition) is 1. The highest BCUT2D eigenvalue weighted by Crippen LogP contribution is 2.51. The first-order valence-corrected chi connectivity index (χ1v) is 23.5. The van der Waals surface area contributed by atoms with Crippen LogP contribution in [0.3, 0.4) is 0 Å². The van der Waals surface area contributed by atoms with Gasteiger partial charge in [0.15, 0.2) is 7.83 Å². The molecule has 1 N–H and O–H groups in total. The van der Waals surface area contributed by atoms with E-state index in [1.165, 1.54) is 30.2 Å². The van der Waals surface area contributed by atoms with Crippen molar-refractivity contribution < 1.29 is 4.80 Å². The molecule has 0 spiro atoms. The molecule has 0 heterocycles. The van der Waals surface area contributed by atoms with Crippen LogP contribution >= 0.6 is 0 Å². The predicted octanol–water partition coefficient (Wildman–Crippen LogP) is 9.57. The fourth-order valence-electron chi connectivity index (χ4n) is 7.79. The Hall–Kier alpha value is 0.611. The zero-order valence-electron chi connectivity index (χ0n) is 24.9. The molecular weight excluding hydrogens is 437 g/mol. The molecule has 0 aromatic carbocycles. The van der Waals surface area contributed by atoms with Gasteiger partial charge in [-0.1, -0.05) is 127 Å². The molecule has 4 heteroatoms. The maximum Gasteiger partial charge on any atom is 0.174 e. The van der Waals surface area contributed by atoms with Crippen molar-refractivity contribution in [1.29, 1.82) is 0 Å². The smallest absolute Gasteiger partial charge is 0.174 e. The SMILES string of the molecule is CC(C)C[Si](O)(CC(C)C)[Si](CC(C)C)(CC(C)C)[Si](CC(C)C)(CC(C)C)CC(C)C. The van der Waals surface area contributed by atoms with Crippen LogP contribution in [-0.2, 0) is 0 Å². The lowest BCUT2D eigenvalue weighted by Gasteiger charge is -2.59. The fourth-order valence-corrected chi connectivity index (χ4v) is 61.6. The molecule has 0 aromatic rings. The van der Waals surface area contributed by atoms with Gasteiger partial charge in [0.05, 0.1) is 7.11 Å². The summed E-state index contributed by atoms with van der Waals surface area (Å²) in [5.74, 6) is 4.89. The summed E-state index contributed by atoms with van der Waals surface area (Å²) in [4.78, 5) is 13.3. The summed E-state index contributed by atoms with van der Waals surface area (Å²) in [5, 5.41) is 0. The second-order valence-electron chi connectivity index (χ2n) is 14.6. The van der Waals surface area contributed by atoms with Gasteiger partial charge in [-0.3, -0.25) is 0 Å². The van der Waals surface area contributed by atoms with Crippen molar-refractivity contribution in [2.75, 3.05) is 0 Å². The van der Waals surface area contributed by atoms with Gasteiger partial charge in [0, 0.05) is 7.59 Å². The van der Waals surface area contributed by atoms with Crippen LogP contribution in [0, 0.1) is 41.4 Å². The Kier molecular flexibility index (Phi) is 13.9. The van der Waals surface area contributed by atoms with E-state index in [1.807, 2.05) is 0 Å². The molecule has 0 atom stereocenters. The molecule has 0 amide bonds. The van der Waals surface area contributed by atoms with Gasteiger partial charge in [0.1, 0.15) is 0 Å². The van der Waals surface area contributed by atoms with Gasteiger partial charge in [0.2, 0.25) is 0 Å². The third-order valence-corrected chi connectivity index (χ3v) is 47.8. The minimum atomic E-state index is -2.42. The normalized spacial score (nSPS) is 14.4. The Morgan fingerprint density at radius 1 is 0.375 bits per heavy atom. The molecule has 0 rings (SSSR count). The third-order valence-electron chi connectivity index (χ3n) is 7.31. The van der Waals surface area contributed by atoms with Gasteiger partial charge in [-0.2, -0.15) is 0 Å². The lowest BCUT2D eigenvalue weighted by atomic mass is 10.2. The van der Waals surface area contributed by atoms with E-state index in [0.717, 1.165) is 29.8 Å². The van der Waals surface area contributed by atoms with Crippen LogP contribution in [0.25, 0.3) is 0 Å². The first kappa shape index (κ1) is 32.6. The van der Waals surface area contributed by atoms with Gasteiger partial charge in [0.25, 0.3) is 0 Å². The molecule has 0 aliphatic rings. The van der Waals surface area contributed by atoms with Crippen molar-refractivity contribution in [3.05, 3.63) is 0 Å². The van der Waals surface area contributed by atoms with E-state index in [0.29, 0.717) is 23.7 Å². The summed E-state index contributed by atoms with van der Waals surface area (Å²) in [6.07, 6.45) is 0. The van der Waals surface area contributed by atoms with Gasteiger partial charge in [-0.25, -0.2) is 0 Å². The van der Waals surface area contributed by atoms with Crippen LogP contribution in [0.4, 0.5) is 0 Å². The number of rotatable bonds is 16. The van der Waals surface area contributed by atoms with E-state index in [4.69, 9.17) is 0 Å². The molecule has 1 nitrogen and oxygen atoms in total. The van der Waals surface area contributed by atoms with Crippen LogP contribution in [0.1, 0.15) is 96.9 Å². The minimum absolute atomic E-state index is 0.612. The highest BCUT2D eigenvalue weighted by atomic mass is 29.6. The van der Waals surface area contributed by atoms with Crippen molar-refractivity contribution >= 4 is 22.5 Å². The van der Waals surface area contributed by atoms with Crippen LogP contribution < -0.4 is 0 Å². The summed E-state index contributed by atoms with van der Waals surface area (Å²) in [7, 11) is -6.06. The summed E-state index contributed by atoms with van der Waals surface area (Å²) < 4.78 is 0. The average Bonchev–Trinajstić information content (AvgIpc) is 2.48. The molecule has 0 aliphatic carbocycles. The van der Waals surface area contributed by atoms with Crippen molar-refractivity contribution in [2.45, 2.75) is 139 Å². The van der Waals surface area contributed by atoms with Crippen LogP contribution in [0.15, 0.2) is 0 Å². The molecule has 0 aromatic heterocycles. The molecule has 0 unspecified atom stereocenters. The highest BCUT2D eigenvalue weighted by molar-refractivity contribution is 7.68. The lowest BCUT2D eigenvalue weighted by Crippen LogP contribution is -2.79. The first-order valence-electron chi connectivity index (χ1n) is 14.1. The van der Waals surface area contributed by atoms with Gasteiger partial charge in [-0.05, 0) is 53.5 Å². The maximum atomic E-state index is 13.3. The second kappa shape index (κ2) is 13.6. The van der Waals surface area contributed by atoms with Gasteiger partial charge >= 0.3 is 0 Å². The van der Waals surface area contributed by atoms with Crippen molar-refractivity contribution in [3.63, 3.8) is 0 Å². The van der Waals surface area contributed by atoms with E-state index >= 15 is 0 Å². The fraction of sp³-hybridized carbons (Fsp3) is 1.00. The molecule has 194 valence electrons. The monoisotopic (exact) mass is 500 g/mol. The summed E-state index contributed by atoms with van der Waals surface area (Å²) in [5.41, 5.74) is 0. The van der Waals surface area contributed by atoms with Crippen LogP contribution in [0.5, 0.6) is 0 Å². The summed E-state index contributed by atoms with van der Waals surface area (Å²) in [6, 6.07) is 9.47. The van der Waals surface area contributed by atoms with Crippen LogP contribution in [0.2, 0.25) is 42.3 Å². The Morgan fingerprint density at radius 3 is 0.781 bits per heavy atom. The molecule has 32 heavy (non-hydrogen) atoms. The zero-order chi connectivity index (χ0) is 25.5. The summed E-state index contributed by atoms with van der Waals surface area (Å²) >= 11 is 0. The molecule has 0 radical (unpaired) electrons. The van der Waals surface area contributed by atoms with Crippen molar-refractivity contribution in [3.8, 4) is 0 Å². The standard InChI is InChI=1S/C28H64OSi3/c1-22(2)15-30(16-23(3)4,17-24(5)6)32(20-27(11)12,21-28(13)14)31(29,18-25(7)8)19-26(9)10/h22-29H,15-21H2,1-14H3. The third kappa shape index (κ3) is 9.34. The van der Waals surface area contributed by atoms with Crippen molar-refractivity contribution in [1.82, 2.24) is 0 Å². The topological polar surface area (TPSA) is 20.2 Å². The maximum absolute atomic E-state index is 13.3. The average molecular weight is 501 g/mol. The molecule has 0 saturated heterocycles. The van der Waals surface area contributed by atoms with E-state index in [9.17, 15) is 4.80 Å². The Balaban J connectivity index is 7.48. The molecule has 0 saturated carbocycles. The summed E-state index contributed by atoms with van der Waals surface area (Å²) in [6.45, 7) is 34.3. The van der Waals surface area contributed by atoms with E-state index in [2.05, 4.69) is 96.9 Å². The van der Waals surface area contributed by atoms with Crippen molar-refractivity contribution in [2.24, 2.45) is 41.4 Å². The van der Waals surface area contributed by atoms with Gasteiger partial charge in [-0.15, -0.1) is 0 Å².